The molecule has 2 aromatic rings. The van der Waals surface area contributed by atoms with Crippen molar-refractivity contribution >= 4 is 35.0 Å². The third-order valence-corrected chi connectivity index (χ3v) is 6.95. The van der Waals surface area contributed by atoms with Crippen LogP contribution in [-0.4, -0.2) is 76.8 Å². The van der Waals surface area contributed by atoms with E-state index in [4.69, 9.17) is 5.26 Å². The van der Waals surface area contributed by atoms with Crippen molar-refractivity contribution in [3.05, 3.63) is 70.8 Å². The molecular formula is C30H34N6O7. The fourth-order valence-corrected chi connectivity index (χ4v) is 4.50. The number of carbonyl (C=O) groups excluding carboxylic acids is 5. The maximum absolute atomic E-state index is 13.4. The van der Waals surface area contributed by atoms with Gasteiger partial charge >= 0.3 is 5.97 Å². The molecule has 13 nitrogen and oxygen atoms in total. The van der Waals surface area contributed by atoms with E-state index < -0.39 is 66.1 Å². The SMILES string of the molecule is CC(C)[C@@H]1NN(C)C(Cc2ccc(C#N)cc2)C(=O)NCC(=O)C(=O)[C@H](CC(=O)O)NNCc2cccc(c2)C(=O)C1=O. The largest absolute Gasteiger partial charge is 0.481 e. The molecule has 0 radical (unpaired) electrons. The van der Waals surface area contributed by atoms with Crippen molar-refractivity contribution in [2.45, 2.75) is 51.4 Å². The van der Waals surface area contributed by atoms with Crippen molar-refractivity contribution in [2.75, 3.05) is 13.6 Å². The quantitative estimate of drug-likeness (QED) is 0.295. The molecule has 2 aromatic carbocycles. The van der Waals surface area contributed by atoms with Crippen molar-refractivity contribution in [1.29, 1.82) is 5.26 Å². The van der Waals surface area contributed by atoms with Crippen molar-refractivity contribution in [3.8, 4) is 6.07 Å². The molecule has 5 N–H and O–H groups in total. The Morgan fingerprint density at radius 3 is 2.37 bits per heavy atom. The normalized spacial score (nSPS) is 21.6. The molecule has 0 aromatic heterocycles. The molecule has 3 rings (SSSR count). The summed E-state index contributed by atoms with van der Waals surface area (Å²) < 4.78 is 0. The number of fused-ring (bicyclic) bond motifs is 2. The number of hydrogen-bond acceptors (Lipinski definition) is 11. The van der Waals surface area contributed by atoms with Crippen LogP contribution in [0.2, 0.25) is 0 Å². The second-order valence-corrected chi connectivity index (χ2v) is 10.5. The molecular weight excluding hydrogens is 556 g/mol. The van der Waals surface area contributed by atoms with Crippen LogP contribution in [0.5, 0.6) is 0 Å². The van der Waals surface area contributed by atoms with E-state index in [9.17, 15) is 33.9 Å². The number of carbonyl (C=O) groups is 6. The first kappa shape index (κ1) is 32.9. The van der Waals surface area contributed by atoms with E-state index in [1.165, 1.54) is 24.2 Å². The maximum atomic E-state index is 13.4. The minimum atomic E-state index is -1.43. The van der Waals surface area contributed by atoms with Gasteiger partial charge in [-0.1, -0.05) is 44.2 Å². The lowest BCUT2D eigenvalue weighted by Gasteiger charge is -2.32. The molecule has 0 fully saturated rings. The van der Waals surface area contributed by atoms with Gasteiger partial charge in [-0.3, -0.25) is 34.2 Å². The fourth-order valence-electron chi connectivity index (χ4n) is 4.50. The predicted octanol–water partition coefficient (Wildman–Crippen LogP) is 0.0879. The monoisotopic (exact) mass is 590 g/mol. The number of nitrogens with zero attached hydrogens (tertiary/aromatic N) is 2. The van der Waals surface area contributed by atoms with Crippen LogP contribution in [-0.2, 0) is 36.9 Å². The zero-order valence-corrected chi connectivity index (χ0v) is 24.0. The first-order valence-corrected chi connectivity index (χ1v) is 13.6. The summed E-state index contributed by atoms with van der Waals surface area (Å²) in [5, 5.41) is 22.2. The molecule has 3 atom stereocenters. The lowest BCUT2D eigenvalue weighted by Crippen LogP contribution is -2.59. The Morgan fingerprint density at radius 2 is 1.74 bits per heavy atom. The molecule has 0 spiro atoms. The number of ketones is 4. The predicted molar refractivity (Wildman–Crippen MR) is 153 cm³/mol. The summed E-state index contributed by atoms with van der Waals surface area (Å²) in [7, 11) is 1.52. The van der Waals surface area contributed by atoms with Crippen LogP contribution in [0.1, 0.15) is 47.3 Å². The van der Waals surface area contributed by atoms with E-state index >= 15 is 0 Å². The van der Waals surface area contributed by atoms with Crippen LogP contribution in [0.4, 0.5) is 0 Å². The summed E-state index contributed by atoms with van der Waals surface area (Å²) in [5.41, 5.74) is 10.0. The highest BCUT2D eigenvalue weighted by molar-refractivity contribution is 6.45. The summed E-state index contributed by atoms with van der Waals surface area (Å²) in [5.74, 6) is -5.86. The second kappa shape index (κ2) is 15.0. The number of aliphatic carboxylic acids is 1. The average molecular weight is 591 g/mol. The topological polar surface area (TPSA) is 198 Å². The van der Waals surface area contributed by atoms with Gasteiger partial charge in [0.25, 0.3) is 0 Å². The van der Waals surface area contributed by atoms with Crippen molar-refractivity contribution in [1.82, 2.24) is 26.6 Å². The number of hydrogen-bond donors (Lipinski definition) is 5. The lowest BCUT2D eigenvalue weighted by molar-refractivity contribution is -0.143. The average Bonchev–Trinajstić information content (AvgIpc) is 2.99. The van der Waals surface area contributed by atoms with Crippen molar-refractivity contribution in [3.63, 3.8) is 0 Å². The molecule has 1 aliphatic rings. The minimum Gasteiger partial charge on any atom is -0.481 e. The molecule has 43 heavy (non-hydrogen) atoms. The van der Waals surface area contributed by atoms with Crippen LogP contribution < -0.4 is 21.6 Å². The lowest BCUT2D eigenvalue weighted by atomic mass is 9.94. The van der Waals surface area contributed by atoms with Gasteiger partial charge in [-0.15, -0.1) is 0 Å². The van der Waals surface area contributed by atoms with Crippen LogP contribution >= 0.6 is 0 Å². The first-order chi connectivity index (χ1) is 20.4. The van der Waals surface area contributed by atoms with Gasteiger partial charge in [0, 0.05) is 19.2 Å². The molecule has 1 amide bonds. The summed E-state index contributed by atoms with van der Waals surface area (Å²) in [6.45, 7) is 2.85. The van der Waals surface area contributed by atoms with Crippen LogP contribution in [0.3, 0.4) is 0 Å². The first-order valence-electron chi connectivity index (χ1n) is 13.6. The molecule has 2 bridgehead atoms. The number of benzene rings is 2. The maximum Gasteiger partial charge on any atom is 0.305 e. The number of nitrogens with one attached hydrogen (secondary N) is 4. The molecule has 1 heterocycles. The zero-order valence-electron chi connectivity index (χ0n) is 24.0. The fraction of sp³-hybridized carbons (Fsp3) is 0.367. The van der Waals surface area contributed by atoms with E-state index in [0.29, 0.717) is 16.7 Å². The Labute approximate surface area is 248 Å². The molecule has 226 valence electrons. The highest BCUT2D eigenvalue weighted by atomic mass is 16.4. The van der Waals surface area contributed by atoms with E-state index in [-0.39, 0.29) is 24.4 Å². The summed E-state index contributed by atoms with van der Waals surface area (Å²) in [6, 6.07) is 11.3. The van der Waals surface area contributed by atoms with Crippen molar-refractivity contribution < 1.29 is 33.9 Å². The number of nitriles is 1. The molecule has 0 aliphatic carbocycles. The molecule has 0 saturated carbocycles. The molecule has 1 unspecified atom stereocenters. The Balaban J connectivity index is 2.00. The smallest absolute Gasteiger partial charge is 0.305 e. The number of carboxylic acids is 1. The Hall–Kier alpha value is -4.61. The summed E-state index contributed by atoms with van der Waals surface area (Å²) >= 11 is 0. The van der Waals surface area contributed by atoms with Crippen LogP contribution in [0.25, 0.3) is 0 Å². The number of amides is 1. The standard InChI is InChI=1S/C30H34N6O7/c1-17(2)26-29(42)27(40)21-6-4-5-20(11-21)15-33-34-22(13-25(38)39)28(41)24(37)16-32-30(43)23(36(3)35-26)12-18-7-9-19(14-31)10-8-18/h4-11,17,22-23,26,33-35H,12-13,15-16H2,1-3H3,(H,32,43)(H,38,39)/t22-,23?,26-/m0/s1. The Kier molecular flexibility index (Phi) is 11.5. The van der Waals surface area contributed by atoms with E-state index in [1.54, 1.807) is 50.2 Å². The third-order valence-electron chi connectivity index (χ3n) is 6.95. The van der Waals surface area contributed by atoms with Crippen LogP contribution in [0.15, 0.2) is 48.5 Å². The van der Waals surface area contributed by atoms with Gasteiger partial charge in [0.2, 0.25) is 29.0 Å². The highest BCUT2D eigenvalue weighted by Crippen LogP contribution is 2.14. The van der Waals surface area contributed by atoms with E-state index in [1.807, 2.05) is 6.07 Å². The van der Waals surface area contributed by atoms with Gasteiger partial charge in [-0.2, -0.15) is 5.26 Å². The van der Waals surface area contributed by atoms with Gasteiger partial charge in [0.1, 0.15) is 6.04 Å². The Morgan fingerprint density at radius 1 is 1.05 bits per heavy atom. The van der Waals surface area contributed by atoms with Crippen LogP contribution in [0, 0.1) is 17.2 Å². The highest BCUT2D eigenvalue weighted by Gasteiger charge is 2.34. The van der Waals surface area contributed by atoms with Gasteiger partial charge in [-0.05, 0) is 41.7 Å². The van der Waals surface area contributed by atoms with Gasteiger partial charge in [0.15, 0.2) is 0 Å². The number of rotatable bonds is 5. The van der Waals surface area contributed by atoms with E-state index in [2.05, 4.69) is 21.6 Å². The summed E-state index contributed by atoms with van der Waals surface area (Å²) in [6.07, 6.45) is -0.631. The molecule has 1 aliphatic heterocycles. The third kappa shape index (κ3) is 8.94. The minimum absolute atomic E-state index is 0.0370. The van der Waals surface area contributed by atoms with Crippen molar-refractivity contribution in [2.24, 2.45) is 5.92 Å². The Bertz CT molecular complexity index is 1430. The van der Waals surface area contributed by atoms with Gasteiger partial charge in [0.05, 0.1) is 36.7 Å². The molecule has 0 saturated heterocycles. The van der Waals surface area contributed by atoms with E-state index in [0.717, 1.165) is 0 Å². The molecule has 13 heteroatoms. The number of Topliss-reactive ketones (excluding diaryl/α,β-unsaturated/α-hetero) is 4. The van der Waals surface area contributed by atoms with Gasteiger partial charge < -0.3 is 10.4 Å². The zero-order chi connectivity index (χ0) is 31.7. The van der Waals surface area contributed by atoms with Gasteiger partial charge in [-0.25, -0.2) is 15.9 Å². The number of likely N-dealkylation sites (N-methyl/N-ethyl adjacent to an activating group) is 1. The summed E-state index contributed by atoms with van der Waals surface area (Å²) in [4.78, 5) is 77.1. The number of carboxylic acid groups (broad SMARTS) is 1. The number of hydrazine groups is 2. The second-order valence-electron chi connectivity index (χ2n) is 10.5.